The van der Waals surface area contributed by atoms with Gasteiger partial charge in [-0.1, -0.05) is 0 Å². The van der Waals surface area contributed by atoms with Crippen LogP contribution >= 0.6 is 15.9 Å². The molecule has 0 aliphatic carbocycles. The van der Waals surface area contributed by atoms with Crippen molar-refractivity contribution in [1.82, 2.24) is 9.71 Å². The lowest BCUT2D eigenvalue weighted by atomic mass is 9.94. The van der Waals surface area contributed by atoms with Gasteiger partial charge < -0.3 is 9.66 Å². The molecular formula is C13H20BrFN2O2S. The first-order valence-electron chi connectivity index (χ1n) is 6.23. The molecule has 2 N–H and O–H groups in total. The number of aliphatic hydroxyl groups is 1. The normalized spacial score (nSPS) is 16.8. The second-order valence-corrected chi connectivity index (χ2v) is 8.53. The fourth-order valence-corrected chi connectivity index (χ4v) is 2.83. The Morgan fingerprint density at radius 2 is 2.00 bits per heavy atom. The third-order valence-electron chi connectivity index (χ3n) is 2.82. The Morgan fingerprint density at radius 3 is 2.50 bits per heavy atom. The molecule has 0 aliphatic heterocycles. The summed E-state index contributed by atoms with van der Waals surface area (Å²) in [6.07, 6.45) is 0.204. The smallest absolute Gasteiger partial charge is 0.146 e. The standard InChI is InChI=1S/C13H20BrFN2O2S/c1-12(2,3)20(19)17-13(4,7-8-18)11-9(15)5-6-10(14)16-11/h5-6,17-18H,7-8H2,1-4H3. The lowest BCUT2D eigenvalue weighted by Crippen LogP contribution is -2.51. The first-order valence-corrected chi connectivity index (χ1v) is 8.17. The summed E-state index contributed by atoms with van der Waals surface area (Å²) >= 11 is 1.79. The van der Waals surface area contributed by atoms with Crippen LogP contribution in [0, 0.1) is 5.82 Å². The molecule has 0 saturated carbocycles. The molecule has 2 atom stereocenters. The Labute approximate surface area is 130 Å². The monoisotopic (exact) mass is 366 g/mol. The van der Waals surface area contributed by atoms with E-state index in [0.29, 0.717) is 4.60 Å². The van der Waals surface area contributed by atoms with Gasteiger partial charge in [0.25, 0.3) is 0 Å². The average molecular weight is 367 g/mol. The zero-order chi connectivity index (χ0) is 15.6. The Hall–Kier alpha value is -0.210. The Kier molecular flexibility index (Phi) is 5.98. The van der Waals surface area contributed by atoms with E-state index in [-0.39, 0.29) is 18.7 Å². The molecule has 20 heavy (non-hydrogen) atoms. The maximum atomic E-state index is 14.0. The van der Waals surface area contributed by atoms with E-state index in [1.54, 1.807) is 6.92 Å². The van der Waals surface area contributed by atoms with Gasteiger partial charge in [-0.25, -0.2) is 9.37 Å². The first-order chi connectivity index (χ1) is 9.10. The second kappa shape index (κ2) is 6.70. The minimum atomic E-state index is -1.41. The molecule has 2 unspecified atom stereocenters. The summed E-state index contributed by atoms with van der Waals surface area (Å²) in [5.41, 5.74) is -0.876. The van der Waals surface area contributed by atoms with Gasteiger partial charge in [-0.2, -0.15) is 0 Å². The van der Waals surface area contributed by atoms with E-state index in [1.807, 2.05) is 20.8 Å². The van der Waals surface area contributed by atoms with Crippen LogP contribution in [-0.4, -0.2) is 26.0 Å². The topological polar surface area (TPSA) is 68.2 Å². The number of nitrogens with one attached hydrogen (secondary N) is 1. The Morgan fingerprint density at radius 1 is 1.40 bits per heavy atom. The summed E-state index contributed by atoms with van der Waals surface area (Å²) in [7, 11) is 0. The molecule has 1 aromatic rings. The molecule has 1 rings (SSSR count). The predicted octanol–water partition coefficient (Wildman–Crippen LogP) is 2.63. The molecule has 0 amide bonds. The predicted molar refractivity (Wildman–Crippen MR) is 82.0 cm³/mol. The van der Waals surface area contributed by atoms with Crippen molar-refractivity contribution in [2.24, 2.45) is 0 Å². The lowest BCUT2D eigenvalue weighted by molar-refractivity contribution is 0.231. The SMILES string of the molecule is CC(CCO)(N[S+]([O-])C(C)(C)C)c1nc(Br)ccc1F. The average Bonchev–Trinajstić information content (AvgIpc) is 2.31. The zero-order valence-electron chi connectivity index (χ0n) is 12.0. The van der Waals surface area contributed by atoms with Gasteiger partial charge in [-0.05, 0) is 62.2 Å². The molecule has 1 aromatic heterocycles. The van der Waals surface area contributed by atoms with Gasteiger partial charge in [0, 0.05) is 18.0 Å². The van der Waals surface area contributed by atoms with Crippen molar-refractivity contribution in [3.8, 4) is 0 Å². The molecule has 114 valence electrons. The zero-order valence-corrected chi connectivity index (χ0v) is 14.4. The molecule has 4 nitrogen and oxygen atoms in total. The van der Waals surface area contributed by atoms with Gasteiger partial charge in [0.2, 0.25) is 0 Å². The number of nitrogens with zero attached hydrogens (tertiary/aromatic N) is 1. The van der Waals surface area contributed by atoms with Crippen molar-refractivity contribution in [2.45, 2.75) is 44.4 Å². The molecule has 0 aromatic carbocycles. The maximum absolute atomic E-state index is 14.0. The third kappa shape index (κ3) is 4.39. The van der Waals surface area contributed by atoms with E-state index < -0.39 is 27.5 Å². The summed E-state index contributed by atoms with van der Waals surface area (Å²) in [5.74, 6) is -0.498. The largest absolute Gasteiger partial charge is 0.598 e. The van der Waals surface area contributed by atoms with Crippen molar-refractivity contribution in [2.75, 3.05) is 6.61 Å². The van der Waals surface area contributed by atoms with Gasteiger partial charge in [-0.3, -0.25) is 0 Å². The molecular weight excluding hydrogens is 347 g/mol. The molecule has 0 spiro atoms. The van der Waals surface area contributed by atoms with E-state index in [0.717, 1.165) is 0 Å². The fraction of sp³-hybridized carbons (Fsp3) is 0.615. The van der Waals surface area contributed by atoms with Crippen LogP contribution in [0.5, 0.6) is 0 Å². The molecule has 7 heteroatoms. The van der Waals surface area contributed by atoms with Crippen LogP contribution < -0.4 is 4.72 Å². The number of pyridine rings is 1. The number of rotatable bonds is 5. The van der Waals surface area contributed by atoms with E-state index >= 15 is 0 Å². The molecule has 0 radical (unpaired) electrons. The van der Waals surface area contributed by atoms with E-state index in [1.165, 1.54) is 12.1 Å². The summed E-state index contributed by atoms with van der Waals surface area (Å²) in [6, 6.07) is 2.79. The molecule has 0 bridgehead atoms. The highest BCUT2D eigenvalue weighted by molar-refractivity contribution is 9.10. The summed E-state index contributed by atoms with van der Waals surface area (Å²) in [4.78, 5) is 4.13. The van der Waals surface area contributed by atoms with Crippen LogP contribution in [0.25, 0.3) is 0 Å². The van der Waals surface area contributed by atoms with Gasteiger partial charge in [0.05, 0.1) is 0 Å². The Bertz CT molecular complexity index is 470. The fourth-order valence-electron chi connectivity index (χ4n) is 1.60. The molecule has 0 aliphatic rings. The van der Waals surface area contributed by atoms with Crippen LogP contribution in [0.3, 0.4) is 0 Å². The lowest BCUT2D eigenvalue weighted by Gasteiger charge is -2.34. The summed E-state index contributed by atoms with van der Waals surface area (Å²) in [6.45, 7) is 6.98. The number of aromatic nitrogens is 1. The summed E-state index contributed by atoms with van der Waals surface area (Å²) < 4.78 is 29.2. The van der Waals surface area contributed by atoms with E-state index in [9.17, 15) is 14.0 Å². The quantitative estimate of drug-likeness (QED) is 0.620. The number of hydrogen-bond donors (Lipinski definition) is 2. The van der Waals surface area contributed by atoms with Gasteiger partial charge >= 0.3 is 0 Å². The molecule has 0 fully saturated rings. The number of aliphatic hydroxyl groups excluding tert-OH is 1. The second-order valence-electron chi connectivity index (χ2n) is 5.75. The highest BCUT2D eigenvalue weighted by atomic mass is 79.9. The maximum Gasteiger partial charge on any atom is 0.146 e. The van der Waals surface area contributed by atoms with Crippen molar-refractivity contribution in [1.29, 1.82) is 0 Å². The van der Waals surface area contributed by atoms with Crippen molar-refractivity contribution in [3.05, 3.63) is 28.2 Å². The van der Waals surface area contributed by atoms with Gasteiger partial charge in [-0.15, -0.1) is 4.72 Å². The van der Waals surface area contributed by atoms with E-state index in [4.69, 9.17) is 0 Å². The number of halogens is 2. The first kappa shape index (κ1) is 17.8. The highest BCUT2D eigenvalue weighted by Crippen LogP contribution is 2.29. The van der Waals surface area contributed by atoms with Crippen LogP contribution in [0.4, 0.5) is 4.39 Å². The van der Waals surface area contributed by atoms with Crippen LogP contribution in [0.15, 0.2) is 16.7 Å². The minimum absolute atomic E-state index is 0.138. The van der Waals surface area contributed by atoms with Gasteiger partial charge in [0.1, 0.15) is 26.4 Å². The van der Waals surface area contributed by atoms with Crippen LogP contribution in [0.1, 0.15) is 39.8 Å². The Balaban J connectivity index is 3.17. The number of hydrogen-bond acceptors (Lipinski definition) is 4. The van der Waals surface area contributed by atoms with Gasteiger partial charge in [0.15, 0.2) is 0 Å². The van der Waals surface area contributed by atoms with Crippen molar-refractivity contribution in [3.63, 3.8) is 0 Å². The van der Waals surface area contributed by atoms with Crippen molar-refractivity contribution >= 4 is 27.3 Å². The molecule has 0 saturated heterocycles. The van der Waals surface area contributed by atoms with Crippen molar-refractivity contribution < 1.29 is 14.0 Å². The minimum Gasteiger partial charge on any atom is -0.598 e. The summed E-state index contributed by atoms with van der Waals surface area (Å²) in [5, 5.41) is 9.24. The third-order valence-corrected chi connectivity index (χ3v) is 5.01. The van der Waals surface area contributed by atoms with Crippen LogP contribution in [0.2, 0.25) is 0 Å². The van der Waals surface area contributed by atoms with Crippen LogP contribution in [-0.2, 0) is 16.9 Å². The van der Waals surface area contributed by atoms with E-state index in [2.05, 4.69) is 25.6 Å². The molecule has 1 heterocycles. The highest BCUT2D eigenvalue weighted by Gasteiger charge is 2.39.